The molecule has 2 aromatic carbocycles. The molecule has 1 unspecified atom stereocenters. The summed E-state index contributed by atoms with van der Waals surface area (Å²) in [5, 5.41) is 2.84. The molecule has 2 aromatic rings. The van der Waals surface area contributed by atoms with Crippen LogP contribution in [0.1, 0.15) is 50.2 Å². The van der Waals surface area contributed by atoms with Crippen molar-refractivity contribution in [3.63, 3.8) is 0 Å². The summed E-state index contributed by atoms with van der Waals surface area (Å²) in [6.07, 6.45) is 3.81. The van der Waals surface area contributed by atoms with Crippen LogP contribution < -0.4 is 10.1 Å². The molecular weight excluding hydrogens is 412 g/mol. The average Bonchev–Trinajstić information content (AvgIpc) is 3.05. The van der Waals surface area contributed by atoms with Crippen molar-refractivity contribution < 1.29 is 17.9 Å². The fourth-order valence-electron chi connectivity index (χ4n) is 3.64. The summed E-state index contributed by atoms with van der Waals surface area (Å²) in [6, 6.07) is 12.1. The average molecular weight is 445 g/mol. The van der Waals surface area contributed by atoms with Crippen LogP contribution in [0.5, 0.6) is 5.75 Å². The normalized spacial score (nSPS) is 16.4. The number of aryl methyl sites for hydroxylation is 2. The van der Waals surface area contributed by atoms with Gasteiger partial charge >= 0.3 is 0 Å². The number of anilines is 1. The highest BCUT2D eigenvalue weighted by Crippen LogP contribution is 2.23. The van der Waals surface area contributed by atoms with Gasteiger partial charge in [0.05, 0.1) is 4.90 Å². The molecule has 1 fully saturated rings. The lowest BCUT2D eigenvalue weighted by Gasteiger charge is -2.20. The van der Waals surface area contributed by atoms with Crippen molar-refractivity contribution in [2.24, 2.45) is 0 Å². The van der Waals surface area contributed by atoms with Gasteiger partial charge in [-0.05, 0) is 80.6 Å². The number of hydrogen-bond acceptors (Lipinski definition) is 4. The first kappa shape index (κ1) is 23.3. The van der Waals surface area contributed by atoms with Crippen molar-refractivity contribution in [3.05, 3.63) is 53.6 Å². The number of ether oxygens (including phenoxy) is 1. The number of nitrogens with zero attached hydrogens (tertiary/aromatic N) is 1. The second-order valence-corrected chi connectivity index (χ2v) is 10.0. The van der Waals surface area contributed by atoms with Crippen LogP contribution >= 0.6 is 0 Å². The Morgan fingerprint density at radius 1 is 1.00 bits per heavy atom. The smallest absolute Gasteiger partial charge is 0.265 e. The Bertz CT molecular complexity index is 995. The molecule has 0 aliphatic carbocycles. The van der Waals surface area contributed by atoms with Gasteiger partial charge in [-0.15, -0.1) is 0 Å². The number of carbonyl (C=O) groups is 1. The lowest BCUT2D eigenvalue weighted by atomic mass is 10.1. The van der Waals surface area contributed by atoms with Crippen LogP contribution in [-0.2, 0) is 14.8 Å². The van der Waals surface area contributed by atoms with E-state index < -0.39 is 16.1 Å². The molecule has 1 aliphatic rings. The summed E-state index contributed by atoms with van der Waals surface area (Å²) in [6.45, 7) is 7.05. The first-order valence-corrected chi connectivity index (χ1v) is 12.4. The largest absolute Gasteiger partial charge is 0.481 e. The van der Waals surface area contributed by atoms with E-state index in [-0.39, 0.29) is 10.8 Å². The first-order valence-electron chi connectivity index (χ1n) is 11.0. The van der Waals surface area contributed by atoms with E-state index in [9.17, 15) is 13.2 Å². The maximum atomic E-state index is 12.9. The maximum absolute atomic E-state index is 12.9. The predicted molar refractivity (Wildman–Crippen MR) is 123 cm³/mol. The van der Waals surface area contributed by atoms with Gasteiger partial charge in [0.2, 0.25) is 10.0 Å². The SMILES string of the molecule is CCC(Oc1ccc(C)c(C)c1)C(=O)Nc1ccc(S(=O)(=O)N2CCCCCC2)cc1. The topological polar surface area (TPSA) is 75.7 Å². The number of carbonyl (C=O) groups excluding carboxylic acids is 1. The molecule has 0 bridgehead atoms. The Labute approximate surface area is 185 Å². The van der Waals surface area contributed by atoms with Crippen molar-refractivity contribution in [1.29, 1.82) is 0 Å². The molecule has 0 saturated carbocycles. The molecule has 1 aliphatic heterocycles. The summed E-state index contributed by atoms with van der Waals surface area (Å²) >= 11 is 0. The highest BCUT2D eigenvalue weighted by molar-refractivity contribution is 7.89. The summed E-state index contributed by atoms with van der Waals surface area (Å²) in [5.74, 6) is 0.396. The molecule has 31 heavy (non-hydrogen) atoms. The highest BCUT2D eigenvalue weighted by atomic mass is 32.2. The lowest BCUT2D eigenvalue weighted by Crippen LogP contribution is -2.33. The molecular formula is C24H32N2O4S. The molecule has 1 N–H and O–H groups in total. The molecule has 0 radical (unpaired) electrons. The fraction of sp³-hybridized carbons (Fsp3) is 0.458. The third kappa shape index (κ3) is 5.86. The Balaban J connectivity index is 1.66. The van der Waals surface area contributed by atoms with Crippen molar-refractivity contribution in [2.45, 2.75) is 63.9 Å². The van der Waals surface area contributed by atoms with Gasteiger partial charge in [-0.3, -0.25) is 4.79 Å². The fourth-order valence-corrected chi connectivity index (χ4v) is 5.15. The molecule has 0 spiro atoms. The van der Waals surface area contributed by atoms with Gasteiger partial charge in [0.1, 0.15) is 5.75 Å². The lowest BCUT2D eigenvalue weighted by molar-refractivity contribution is -0.122. The summed E-state index contributed by atoms with van der Waals surface area (Å²) < 4.78 is 33.3. The monoisotopic (exact) mass is 444 g/mol. The van der Waals surface area contributed by atoms with E-state index in [1.165, 1.54) is 5.56 Å². The van der Waals surface area contributed by atoms with Gasteiger partial charge in [-0.1, -0.05) is 25.8 Å². The van der Waals surface area contributed by atoms with E-state index in [0.717, 1.165) is 31.2 Å². The van der Waals surface area contributed by atoms with Gasteiger partial charge in [0.15, 0.2) is 6.10 Å². The van der Waals surface area contributed by atoms with Crippen LogP contribution in [0.3, 0.4) is 0 Å². The number of amides is 1. The van der Waals surface area contributed by atoms with Crippen LogP contribution in [0, 0.1) is 13.8 Å². The Morgan fingerprint density at radius 3 is 2.23 bits per heavy atom. The standard InChI is InChI=1S/C24H32N2O4S/c1-4-23(30-21-12-9-18(2)19(3)17-21)24(27)25-20-10-13-22(14-11-20)31(28,29)26-15-7-5-6-8-16-26/h9-14,17,23H,4-8,15-16H2,1-3H3,(H,25,27). The van der Waals surface area contributed by atoms with Gasteiger partial charge in [0, 0.05) is 18.8 Å². The molecule has 168 valence electrons. The molecule has 1 heterocycles. The Morgan fingerprint density at radius 2 is 1.65 bits per heavy atom. The molecule has 0 aromatic heterocycles. The number of nitrogens with one attached hydrogen (secondary N) is 1. The van der Waals surface area contributed by atoms with E-state index in [1.807, 2.05) is 39.0 Å². The zero-order valence-corrected chi connectivity index (χ0v) is 19.4. The van der Waals surface area contributed by atoms with Crippen molar-refractivity contribution >= 4 is 21.6 Å². The second kappa shape index (κ2) is 10.3. The number of sulfonamides is 1. The summed E-state index contributed by atoms with van der Waals surface area (Å²) in [7, 11) is -3.50. The van der Waals surface area contributed by atoms with E-state index in [4.69, 9.17) is 4.74 Å². The van der Waals surface area contributed by atoms with Gasteiger partial charge < -0.3 is 10.1 Å². The van der Waals surface area contributed by atoms with E-state index in [1.54, 1.807) is 28.6 Å². The minimum absolute atomic E-state index is 0.255. The maximum Gasteiger partial charge on any atom is 0.265 e. The van der Waals surface area contributed by atoms with E-state index in [0.29, 0.717) is 30.9 Å². The minimum atomic E-state index is -3.50. The van der Waals surface area contributed by atoms with Crippen LogP contribution in [0.4, 0.5) is 5.69 Å². The van der Waals surface area contributed by atoms with Gasteiger partial charge in [-0.25, -0.2) is 8.42 Å². The summed E-state index contributed by atoms with van der Waals surface area (Å²) in [5.41, 5.74) is 2.82. The number of benzene rings is 2. The highest BCUT2D eigenvalue weighted by Gasteiger charge is 2.25. The van der Waals surface area contributed by atoms with Crippen molar-refractivity contribution in [3.8, 4) is 5.75 Å². The minimum Gasteiger partial charge on any atom is -0.481 e. The molecule has 1 atom stereocenters. The quantitative estimate of drug-likeness (QED) is 0.674. The summed E-state index contributed by atoms with van der Waals surface area (Å²) in [4.78, 5) is 13.0. The second-order valence-electron chi connectivity index (χ2n) is 8.09. The molecule has 6 nitrogen and oxygen atoms in total. The Hall–Kier alpha value is -2.38. The van der Waals surface area contributed by atoms with Crippen LogP contribution in [0.25, 0.3) is 0 Å². The van der Waals surface area contributed by atoms with Crippen LogP contribution in [-0.4, -0.2) is 37.8 Å². The van der Waals surface area contributed by atoms with Crippen molar-refractivity contribution in [1.82, 2.24) is 4.31 Å². The van der Waals surface area contributed by atoms with E-state index >= 15 is 0 Å². The number of rotatable bonds is 7. The van der Waals surface area contributed by atoms with Crippen LogP contribution in [0.15, 0.2) is 47.4 Å². The predicted octanol–water partition coefficient (Wildman–Crippen LogP) is 4.66. The van der Waals surface area contributed by atoms with E-state index in [2.05, 4.69) is 5.32 Å². The van der Waals surface area contributed by atoms with Crippen molar-refractivity contribution in [2.75, 3.05) is 18.4 Å². The molecule has 1 amide bonds. The first-order chi connectivity index (χ1) is 14.8. The van der Waals surface area contributed by atoms with Gasteiger partial charge in [0.25, 0.3) is 5.91 Å². The molecule has 1 saturated heterocycles. The van der Waals surface area contributed by atoms with Gasteiger partial charge in [-0.2, -0.15) is 4.31 Å². The van der Waals surface area contributed by atoms with Crippen LogP contribution in [0.2, 0.25) is 0 Å². The third-order valence-corrected chi connectivity index (χ3v) is 7.66. The zero-order valence-electron chi connectivity index (χ0n) is 18.6. The molecule has 7 heteroatoms. The molecule has 3 rings (SSSR count). The Kier molecular flexibility index (Phi) is 7.73. The number of hydrogen-bond donors (Lipinski definition) is 1. The third-order valence-electron chi connectivity index (χ3n) is 5.74. The zero-order chi connectivity index (χ0) is 22.4.